The summed E-state index contributed by atoms with van der Waals surface area (Å²) in [6, 6.07) is 14.0. The zero-order valence-corrected chi connectivity index (χ0v) is 18.1. The van der Waals surface area contributed by atoms with E-state index in [1.807, 2.05) is 22.6 Å². The second-order valence-electron chi connectivity index (χ2n) is 6.67. The normalized spacial score (nSPS) is 11.1. The molecule has 0 bridgehead atoms. The van der Waals surface area contributed by atoms with Crippen molar-refractivity contribution in [2.75, 3.05) is 5.32 Å². The minimum atomic E-state index is -0.685. The maximum absolute atomic E-state index is 14.5. The van der Waals surface area contributed by atoms with Gasteiger partial charge < -0.3 is 5.32 Å². The molecular weight excluding hydrogens is 502 g/mol. The average molecular weight is 517 g/mol. The van der Waals surface area contributed by atoms with E-state index in [2.05, 4.69) is 16.4 Å². The molecule has 9 heteroatoms. The van der Waals surface area contributed by atoms with Crippen LogP contribution in [-0.4, -0.2) is 14.1 Å². The molecule has 0 aliphatic heterocycles. The molecular formula is C21H15FIN4O3. The molecule has 30 heavy (non-hydrogen) atoms. The van der Waals surface area contributed by atoms with Gasteiger partial charge in [0.25, 0.3) is 11.1 Å². The predicted molar refractivity (Wildman–Crippen MR) is 121 cm³/mol. The van der Waals surface area contributed by atoms with Gasteiger partial charge in [0, 0.05) is 16.2 Å². The molecule has 0 saturated heterocycles. The minimum Gasteiger partial charge on any atom is -0.338 e. The van der Waals surface area contributed by atoms with Crippen LogP contribution in [0.2, 0.25) is 0 Å². The van der Waals surface area contributed by atoms with Gasteiger partial charge in [0.2, 0.25) is 0 Å². The lowest BCUT2D eigenvalue weighted by atomic mass is 10.1. The van der Waals surface area contributed by atoms with Crippen molar-refractivity contribution < 1.29 is 4.39 Å². The van der Waals surface area contributed by atoms with Crippen molar-refractivity contribution in [2.24, 2.45) is 7.05 Å². The Balaban J connectivity index is 2.14. The van der Waals surface area contributed by atoms with E-state index in [1.54, 1.807) is 37.3 Å². The van der Waals surface area contributed by atoms with Crippen LogP contribution in [0.25, 0.3) is 16.6 Å². The molecule has 0 amide bonds. The van der Waals surface area contributed by atoms with Crippen molar-refractivity contribution >= 4 is 45.0 Å². The van der Waals surface area contributed by atoms with Crippen LogP contribution in [-0.2, 0) is 7.05 Å². The number of aryl methyl sites for hydroxylation is 1. The van der Waals surface area contributed by atoms with E-state index in [0.717, 1.165) is 0 Å². The summed E-state index contributed by atoms with van der Waals surface area (Å²) < 4.78 is 17.6. The molecule has 4 rings (SSSR count). The summed E-state index contributed by atoms with van der Waals surface area (Å²) >= 11 is 1.98. The second kappa shape index (κ2) is 7.56. The first kappa shape index (κ1) is 20.1. The molecule has 4 aromatic rings. The van der Waals surface area contributed by atoms with Crippen molar-refractivity contribution in [1.29, 1.82) is 0 Å². The fourth-order valence-corrected chi connectivity index (χ4v) is 3.82. The van der Waals surface area contributed by atoms with Gasteiger partial charge in [0.05, 0.1) is 16.9 Å². The molecule has 0 atom stereocenters. The third-order valence-corrected chi connectivity index (χ3v) is 5.47. The molecule has 2 aromatic carbocycles. The third kappa shape index (κ3) is 3.24. The van der Waals surface area contributed by atoms with Crippen molar-refractivity contribution in [3.63, 3.8) is 0 Å². The van der Waals surface area contributed by atoms with Gasteiger partial charge in [0.15, 0.2) is 0 Å². The number of fused-ring (bicyclic) bond motifs is 1. The number of hydrogen-bond donors (Lipinski definition) is 2. The molecule has 0 unspecified atom stereocenters. The summed E-state index contributed by atoms with van der Waals surface area (Å²) in [4.78, 5) is 40.7. The number of nitrogens with one attached hydrogen (secondary N) is 2. The first-order valence-electron chi connectivity index (χ1n) is 8.86. The Morgan fingerprint density at radius 3 is 2.63 bits per heavy atom. The molecule has 2 heterocycles. The Hall–Kier alpha value is -3.21. The third-order valence-electron chi connectivity index (χ3n) is 4.80. The van der Waals surface area contributed by atoms with Gasteiger partial charge in [-0.2, -0.15) is 0 Å². The van der Waals surface area contributed by atoms with Gasteiger partial charge in [-0.1, -0.05) is 12.1 Å². The molecule has 0 aliphatic rings. The lowest BCUT2D eigenvalue weighted by Crippen LogP contribution is -2.34. The summed E-state index contributed by atoms with van der Waals surface area (Å²) in [6.07, 6.45) is 0. The summed E-state index contributed by atoms with van der Waals surface area (Å²) in [5.74, 6) is -0.457. The highest BCUT2D eigenvalue weighted by atomic mass is 127. The highest BCUT2D eigenvalue weighted by Crippen LogP contribution is 2.26. The first-order valence-corrected chi connectivity index (χ1v) is 9.94. The van der Waals surface area contributed by atoms with Crippen molar-refractivity contribution in [1.82, 2.24) is 14.1 Å². The standard InChI is InChI=1S/C21H15FIN4O3/c1-11-17-16(19(28)25-21(30)27(17)13-6-4-3-5-7-13)18(26(2)20(11)29)24-15-9-8-12(23)10-14(15)22/h3-4,6-10,24H,1-2H3,(H,25,28,30). The van der Waals surface area contributed by atoms with Gasteiger partial charge in [-0.3, -0.25) is 23.7 Å². The van der Waals surface area contributed by atoms with Crippen LogP contribution >= 0.6 is 22.6 Å². The SMILES string of the molecule is Cc1c(=O)n(C)c(Nc2ccc(I)cc2F)c2c(=O)[nH]c(=O)n(-c3c[c]ccc3)c12. The average Bonchev–Trinajstić information content (AvgIpc) is 2.71. The van der Waals surface area contributed by atoms with E-state index in [-0.39, 0.29) is 28.0 Å². The number of pyridine rings is 1. The van der Waals surface area contributed by atoms with Crippen LogP contribution in [0.5, 0.6) is 0 Å². The lowest BCUT2D eigenvalue weighted by molar-refractivity contribution is 0.630. The van der Waals surface area contributed by atoms with Crippen LogP contribution in [0, 0.1) is 22.4 Å². The van der Waals surface area contributed by atoms with E-state index >= 15 is 0 Å². The molecule has 0 saturated carbocycles. The molecule has 0 aliphatic carbocycles. The quantitative estimate of drug-likeness (QED) is 0.410. The van der Waals surface area contributed by atoms with Crippen LogP contribution in [0.4, 0.5) is 15.9 Å². The van der Waals surface area contributed by atoms with E-state index < -0.39 is 22.6 Å². The molecule has 1 radical (unpaired) electrons. The summed E-state index contributed by atoms with van der Waals surface area (Å²) in [5.41, 5.74) is -0.886. The van der Waals surface area contributed by atoms with E-state index in [0.29, 0.717) is 9.26 Å². The Kier molecular flexibility index (Phi) is 5.06. The number of aromatic nitrogens is 3. The molecule has 2 aromatic heterocycles. The van der Waals surface area contributed by atoms with E-state index in [4.69, 9.17) is 0 Å². The Morgan fingerprint density at radius 2 is 1.97 bits per heavy atom. The molecule has 2 N–H and O–H groups in total. The summed E-state index contributed by atoms with van der Waals surface area (Å²) in [5, 5.41) is 2.92. The minimum absolute atomic E-state index is 0.0657. The number of nitrogens with zero attached hydrogens (tertiary/aromatic N) is 2. The monoisotopic (exact) mass is 517 g/mol. The van der Waals surface area contributed by atoms with Gasteiger partial charge in [-0.15, -0.1) is 0 Å². The van der Waals surface area contributed by atoms with Gasteiger partial charge >= 0.3 is 5.69 Å². The van der Waals surface area contributed by atoms with Crippen LogP contribution in [0.15, 0.2) is 56.8 Å². The van der Waals surface area contributed by atoms with Crippen molar-refractivity contribution in [3.8, 4) is 5.69 Å². The van der Waals surface area contributed by atoms with Crippen molar-refractivity contribution in [2.45, 2.75) is 6.92 Å². The van der Waals surface area contributed by atoms with Crippen molar-refractivity contribution in [3.05, 3.63) is 94.7 Å². The Morgan fingerprint density at radius 1 is 1.20 bits per heavy atom. The summed E-state index contributed by atoms with van der Waals surface area (Å²) in [6.45, 7) is 1.54. The summed E-state index contributed by atoms with van der Waals surface area (Å²) in [7, 11) is 1.48. The van der Waals surface area contributed by atoms with Gasteiger partial charge in [-0.05, 0) is 65.9 Å². The highest BCUT2D eigenvalue weighted by Gasteiger charge is 2.21. The van der Waals surface area contributed by atoms with E-state index in [9.17, 15) is 18.8 Å². The smallest absolute Gasteiger partial charge is 0.333 e. The zero-order chi connectivity index (χ0) is 21.6. The molecule has 0 fully saturated rings. The number of benzene rings is 2. The first-order chi connectivity index (χ1) is 14.3. The fraction of sp³-hybridized carbons (Fsp3) is 0.0952. The molecule has 151 valence electrons. The largest absolute Gasteiger partial charge is 0.338 e. The fourth-order valence-electron chi connectivity index (χ4n) is 3.37. The number of aromatic amines is 1. The lowest BCUT2D eigenvalue weighted by Gasteiger charge is -2.18. The molecule has 7 nitrogen and oxygen atoms in total. The number of anilines is 2. The zero-order valence-electron chi connectivity index (χ0n) is 15.9. The van der Waals surface area contributed by atoms with E-state index in [1.165, 1.54) is 28.3 Å². The second-order valence-corrected chi connectivity index (χ2v) is 7.91. The number of halogens is 2. The maximum atomic E-state index is 14.5. The van der Waals surface area contributed by atoms with Crippen LogP contribution < -0.4 is 22.1 Å². The Labute approximate surface area is 182 Å². The number of rotatable bonds is 3. The maximum Gasteiger partial charge on any atom is 0.333 e. The van der Waals surface area contributed by atoms with Gasteiger partial charge in [-0.25, -0.2) is 9.18 Å². The van der Waals surface area contributed by atoms with Gasteiger partial charge in [0.1, 0.15) is 17.0 Å². The van der Waals surface area contributed by atoms with Crippen LogP contribution in [0.3, 0.4) is 0 Å². The Bertz CT molecular complexity index is 1470. The number of hydrogen-bond acceptors (Lipinski definition) is 4. The topological polar surface area (TPSA) is 88.9 Å². The molecule has 0 spiro atoms. The predicted octanol–water partition coefficient (Wildman–Crippen LogP) is 2.97. The van der Waals surface area contributed by atoms with Crippen LogP contribution in [0.1, 0.15) is 5.56 Å². The highest BCUT2D eigenvalue weighted by molar-refractivity contribution is 14.1. The number of H-pyrrole nitrogens is 1.